The first kappa shape index (κ1) is 21.4. The van der Waals surface area contributed by atoms with Crippen molar-refractivity contribution < 1.29 is 14.6 Å². The fourth-order valence-electron chi connectivity index (χ4n) is 3.01. The monoisotopic (exact) mass is 455 g/mol. The van der Waals surface area contributed by atoms with Gasteiger partial charge in [-0.3, -0.25) is 9.48 Å². The number of benzene rings is 1. The Morgan fingerprint density at radius 1 is 1.17 bits per heavy atom. The van der Waals surface area contributed by atoms with E-state index in [0.717, 1.165) is 0 Å². The summed E-state index contributed by atoms with van der Waals surface area (Å²) < 4.78 is 8.45. The quantitative estimate of drug-likeness (QED) is 0.579. The van der Waals surface area contributed by atoms with Gasteiger partial charge in [0.1, 0.15) is 5.56 Å². The van der Waals surface area contributed by atoms with Gasteiger partial charge in [0.2, 0.25) is 0 Å². The van der Waals surface area contributed by atoms with E-state index < -0.39 is 11.4 Å². The van der Waals surface area contributed by atoms with Gasteiger partial charge < -0.3 is 14.4 Å². The Kier molecular flexibility index (Phi) is 6.64. The summed E-state index contributed by atoms with van der Waals surface area (Å²) in [5.41, 5.74) is 0.222. The number of aromatic carboxylic acids is 1. The molecular formula is C19H16Cl3N3O4. The Morgan fingerprint density at radius 3 is 2.52 bits per heavy atom. The molecule has 0 aliphatic carbocycles. The lowest BCUT2D eigenvalue weighted by Gasteiger charge is -2.21. The van der Waals surface area contributed by atoms with Crippen molar-refractivity contribution >= 4 is 40.8 Å². The number of carbonyl (C=O) groups is 1. The van der Waals surface area contributed by atoms with Gasteiger partial charge in [-0.05, 0) is 18.2 Å². The molecule has 29 heavy (non-hydrogen) atoms. The van der Waals surface area contributed by atoms with Crippen molar-refractivity contribution in [2.75, 3.05) is 13.7 Å². The van der Waals surface area contributed by atoms with E-state index in [2.05, 4.69) is 5.10 Å². The molecule has 0 amide bonds. The summed E-state index contributed by atoms with van der Waals surface area (Å²) in [6.07, 6.45) is 1.66. The number of halogens is 3. The minimum Gasteiger partial charge on any atom is -0.477 e. The lowest BCUT2D eigenvalue weighted by Crippen LogP contribution is -2.26. The second-order valence-electron chi connectivity index (χ2n) is 6.14. The number of hydrogen-bond acceptors (Lipinski definition) is 4. The zero-order chi connectivity index (χ0) is 21.1. The lowest BCUT2D eigenvalue weighted by molar-refractivity contribution is 0.0695. The standard InChI is InChI=1S/C19H16Cl3N3O4/c1-29-7-6-25-12(10-24-5-4-16(22)23-24)9-15(26)17(19(27)28)18(25)11-2-3-13(20)14(21)8-11/h2-5,8-9H,6-7,10H2,1H3,(H,27,28). The highest BCUT2D eigenvalue weighted by atomic mass is 35.5. The number of ether oxygens (including phenoxy) is 1. The average Bonchev–Trinajstić information content (AvgIpc) is 3.07. The molecule has 0 saturated carbocycles. The Labute approximate surface area is 181 Å². The van der Waals surface area contributed by atoms with Gasteiger partial charge in [0, 0.05) is 37.2 Å². The molecule has 10 heteroatoms. The number of aromatic nitrogens is 3. The normalized spacial score (nSPS) is 11.0. The molecule has 0 saturated heterocycles. The number of carboxylic acid groups (broad SMARTS) is 1. The van der Waals surface area contributed by atoms with Gasteiger partial charge in [0.15, 0.2) is 10.6 Å². The number of methoxy groups -OCH3 is 1. The van der Waals surface area contributed by atoms with Gasteiger partial charge in [0.25, 0.3) is 0 Å². The van der Waals surface area contributed by atoms with E-state index in [-0.39, 0.29) is 22.8 Å². The maximum absolute atomic E-state index is 12.7. The molecule has 7 nitrogen and oxygen atoms in total. The topological polar surface area (TPSA) is 86.4 Å². The summed E-state index contributed by atoms with van der Waals surface area (Å²) in [5.74, 6) is -1.34. The van der Waals surface area contributed by atoms with Crippen LogP contribution in [0.3, 0.4) is 0 Å². The van der Waals surface area contributed by atoms with Crippen molar-refractivity contribution in [2.45, 2.75) is 13.1 Å². The average molecular weight is 457 g/mol. The number of rotatable bonds is 7. The molecule has 0 bridgehead atoms. The van der Waals surface area contributed by atoms with Crippen LogP contribution in [0.5, 0.6) is 0 Å². The number of nitrogens with zero attached hydrogens (tertiary/aromatic N) is 3. The van der Waals surface area contributed by atoms with Crippen LogP contribution in [0.25, 0.3) is 11.3 Å². The molecule has 3 rings (SSSR count). The predicted molar refractivity (Wildman–Crippen MR) is 111 cm³/mol. The minimum absolute atomic E-state index is 0.208. The van der Waals surface area contributed by atoms with Crippen molar-refractivity contribution in [1.29, 1.82) is 0 Å². The summed E-state index contributed by atoms with van der Waals surface area (Å²) in [6, 6.07) is 7.60. The summed E-state index contributed by atoms with van der Waals surface area (Å²) in [4.78, 5) is 24.6. The van der Waals surface area contributed by atoms with Crippen molar-refractivity contribution in [3.63, 3.8) is 0 Å². The zero-order valence-electron chi connectivity index (χ0n) is 15.2. The van der Waals surface area contributed by atoms with E-state index in [1.165, 1.54) is 19.2 Å². The van der Waals surface area contributed by atoms with E-state index in [9.17, 15) is 14.7 Å². The molecule has 1 N–H and O–H groups in total. The van der Waals surface area contributed by atoms with Crippen LogP contribution in [0, 0.1) is 0 Å². The van der Waals surface area contributed by atoms with Gasteiger partial charge in [-0.1, -0.05) is 40.9 Å². The highest BCUT2D eigenvalue weighted by Gasteiger charge is 2.23. The van der Waals surface area contributed by atoms with Crippen molar-refractivity contribution in [3.8, 4) is 11.3 Å². The second kappa shape index (κ2) is 9.00. The Morgan fingerprint density at radius 2 is 1.93 bits per heavy atom. The SMILES string of the molecule is COCCn1c(Cn2ccc(Cl)n2)cc(=O)c(C(=O)O)c1-c1ccc(Cl)c(Cl)c1. The molecule has 2 aromatic heterocycles. The summed E-state index contributed by atoms with van der Waals surface area (Å²) in [6.45, 7) is 0.806. The Hall–Kier alpha value is -2.32. The van der Waals surface area contributed by atoms with Crippen LogP contribution >= 0.6 is 34.8 Å². The van der Waals surface area contributed by atoms with E-state index in [1.54, 1.807) is 33.6 Å². The summed E-state index contributed by atoms with van der Waals surface area (Å²) >= 11 is 18.0. The number of pyridine rings is 1. The third-order valence-electron chi connectivity index (χ3n) is 4.26. The van der Waals surface area contributed by atoms with E-state index >= 15 is 0 Å². The lowest BCUT2D eigenvalue weighted by atomic mass is 10.0. The molecule has 0 aliphatic heterocycles. The first-order valence-corrected chi connectivity index (χ1v) is 9.58. The van der Waals surface area contributed by atoms with E-state index in [4.69, 9.17) is 39.5 Å². The smallest absolute Gasteiger partial charge is 0.341 e. The largest absolute Gasteiger partial charge is 0.477 e. The third kappa shape index (κ3) is 4.64. The molecule has 0 atom stereocenters. The second-order valence-corrected chi connectivity index (χ2v) is 7.34. The first-order chi connectivity index (χ1) is 13.8. The van der Waals surface area contributed by atoms with Gasteiger partial charge in [0.05, 0.1) is 28.9 Å². The van der Waals surface area contributed by atoms with Crippen LogP contribution in [0.1, 0.15) is 16.1 Å². The summed E-state index contributed by atoms with van der Waals surface area (Å²) in [7, 11) is 1.53. The Bertz CT molecular complexity index is 1120. The van der Waals surface area contributed by atoms with Crippen LogP contribution in [-0.2, 0) is 17.8 Å². The number of hydrogen-bond donors (Lipinski definition) is 1. The van der Waals surface area contributed by atoms with Gasteiger partial charge in [-0.25, -0.2) is 4.79 Å². The van der Waals surface area contributed by atoms with Gasteiger partial charge >= 0.3 is 5.97 Å². The molecule has 1 aromatic carbocycles. The Balaban J connectivity index is 2.29. The highest BCUT2D eigenvalue weighted by molar-refractivity contribution is 6.42. The van der Waals surface area contributed by atoms with Crippen molar-refractivity contribution in [1.82, 2.24) is 14.3 Å². The minimum atomic E-state index is -1.34. The predicted octanol–water partition coefficient (Wildman–Crippen LogP) is 4.06. The molecule has 0 aliphatic rings. The fourth-order valence-corrected chi connectivity index (χ4v) is 3.46. The third-order valence-corrected chi connectivity index (χ3v) is 5.20. The summed E-state index contributed by atoms with van der Waals surface area (Å²) in [5, 5.41) is 14.7. The van der Waals surface area contributed by atoms with E-state index in [0.29, 0.717) is 34.6 Å². The molecule has 0 unspecified atom stereocenters. The van der Waals surface area contributed by atoms with Crippen LogP contribution in [-0.4, -0.2) is 39.1 Å². The van der Waals surface area contributed by atoms with Gasteiger partial charge in [-0.15, -0.1) is 0 Å². The molecular weight excluding hydrogens is 441 g/mol. The molecule has 0 radical (unpaired) electrons. The van der Waals surface area contributed by atoms with Crippen LogP contribution in [0.4, 0.5) is 0 Å². The molecule has 0 spiro atoms. The molecule has 2 heterocycles. The zero-order valence-corrected chi connectivity index (χ0v) is 17.5. The van der Waals surface area contributed by atoms with Crippen LogP contribution < -0.4 is 5.43 Å². The maximum Gasteiger partial charge on any atom is 0.341 e. The first-order valence-electron chi connectivity index (χ1n) is 8.45. The molecule has 152 valence electrons. The van der Waals surface area contributed by atoms with E-state index in [1.807, 2.05) is 0 Å². The van der Waals surface area contributed by atoms with Gasteiger partial charge in [-0.2, -0.15) is 5.10 Å². The molecule has 3 aromatic rings. The highest BCUT2D eigenvalue weighted by Crippen LogP contribution is 2.30. The molecule has 0 fully saturated rings. The number of carboxylic acids is 1. The maximum atomic E-state index is 12.7. The van der Waals surface area contributed by atoms with Crippen molar-refractivity contribution in [2.24, 2.45) is 0 Å². The van der Waals surface area contributed by atoms with Crippen LogP contribution in [0.15, 0.2) is 41.3 Å². The fraction of sp³-hybridized carbons (Fsp3) is 0.211. The van der Waals surface area contributed by atoms with Crippen molar-refractivity contribution in [3.05, 3.63) is 73.2 Å². The van der Waals surface area contributed by atoms with Crippen LogP contribution in [0.2, 0.25) is 15.2 Å².